The van der Waals surface area contributed by atoms with Crippen LogP contribution in [0.1, 0.15) is 37.5 Å². The number of nitrogens with zero attached hydrogens (tertiary/aromatic N) is 5. The first-order valence-electron chi connectivity index (χ1n) is 8.04. The summed E-state index contributed by atoms with van der Waals surface area (Å²) in [6.45, 7) is 5.23. The minimum Gasteiger partial charge on any atom is -0.356 e. The number of nitrogens with one attached hydrogen (secondary N) is 1. The van der Waals surface area contributed by atoms with Crippen LogP contribution >= 0.6 is 0 Å². The molecule has 8 nitrogen and oxygen atoms in total. The summed E-state index contributed by atoms with van der Waals surface area (Å²) in [5.74, 6) is 0.937. The molecule has 0 atom stereocenters. The van der Waals surface area contributed by atoms with Gasteiger partial charge in [-0.15, -0.1) is 0 Å². The Labute approximate surface area is 134 Å². The molecule has 0 radical (unpaired) electrons. The molecule has 0 spiro atoms. The van der Waals surface area contributed by atoms with Gasteiger partial charge in [0.2, 0.25) is 11.8 Å². The molecule has 0 bridgehead atoms. The highest BCUT2D eigenvalue weighted by Crippen LogP contribution is 2.21. The van der Waals surface area contributed by atoms with E-state index in [0.29, 0.717) is 30.8 Å². The number of hydrogen-bond donors (Lipinski definition) is 1. The van der Waals surface area contributed by atoms with E-state index in [2.05, 4.69) is 32.4 Å². The fourth-order valence-corrected chi connectivity index (χ4v) is 2.56. The molecule has 0 aliphatic carbocycles. The zero-order valence-corrected chi connectivity index (χ0v) is 13.3. The van der Waals surface area contributed by atoms with Crippen molar-refractivity contribution in [2.45, 2.75) is 38.8 Å². The maximum atomic E-state index is 11.7. The number of likely N-dealkylation sites (tertiary alicyclic amines) is 1. The van der Waals surface area contributed by atoms with Gasteiger partial charge < -0.3 is 9.84 Å². The Morgan fingerprint density at radius 3 is 3.09 bits per heavy atom. The summed E-state index contributed by atoms with van der Waals surface area (Å²) < 4.78 is 7.19. The maximum absolute atomic E-state index is 11.7. The van der Waals surface area contributed by atoms with Gasteiger partial charge in [-0.2, -0.15) is 10.1 Å². The van der Waals surface area contributed by atoms with Crippen molar-refractivity contribution in [1.82, 2.24) is 30.1 Å². The molecule has 1 N–H and O–H groups in total. The van der Waals surface area contributed by atoms with Crippen molar-refractivity contribution in [3.8, 4) is 0 Å². The molecular weight excluding hydrogens is 296 g/mol. The SMILES string of the molecule is CCCCNC(=O)Cc1noc(CN2CC(n3cccn3)C2)n1. The van der Waals surface area contributed by atoms with E-state index in [4.69, 9.17) is 4.52 Å². The van der Waals surface area contributed by atoms with Gasteiger partial charge in [0.25, 0.3) is 0 Å². The average molecular weight is 318 g/mol. The van der Waals surface area contributed by atoms with Crippen molar-refractivity contribution >= 4 is 5.91 Å². The van der Waals surface area contributed by atoms with E-state index < -0.39 is 0 Å². The van der Waals surface area contributed by atoms with Gasteiger partial charge in [0.05, 0.1) is 19.0 Å². The van der Waals surface area contributed by atoms with Gasteiger partial charge in [0, 0.05) is 32.0 Å². The lowest BCUT2D eigenvalue weighted by atomic mass is 10.1. The monoisotopic (exact) mass is 318 g/mol. The zero-order valence-electron chi connectivity index (χ0n) is 13.3. The third-order valence-electron chi connectivity index (χ3n) is 3.88. The molecule has 1 aliphatic heterocycles. The van der Waals surface area contributed by atoms with Crippen molar-refractivity contribution < 1.29 is 9.32 Å². The van der Waals surface area contributed by atoms with Crippen molar-refractivity contribution in [2.75, 3.05) is 19.6 Å². The van der Waals surface area contributed by atoms with Crippen LogP contribution in [0.2, 0.25) is 0 Å². The second-order valence-corrected chi connectivity index (χ2v) is 5.82. The minimum atomic E-state index is -0.0616. The molecular formula is C15H22N6O2. The van der Waals surface area contributed by atoms with Crippen LogP contribution in [-0.2, 0) is 17.8 Å². The molecule has 1 amide bonds. The second-order valence-electron chi connectivity index (χ2n) is 5.82. The molecule has 1 fully saturated rings. The number of hydrogen-bond acceptors (Lipinski definition) is 6. The molecule has 23 heavy (non-hydrogen) atoms. The second kappa shape index (κ2) is 7.36. The largest absolute Gasteiger partial charge is 0.356 e. The molecule has 124 valence electrons. The number of unbranched alkanes of at least 4 members (excludes halogenated alkanes) is 1. The normalized spacial score (nSPS) is 15.5. The van der Waals surface area contributed by atoms with E-state index in [9.17, 15) is 4.79 Å². The first kappa shape index (κ1) is 15.7. The Bertz CT molecular complexity index is 618. The van der Waals surface area contributed by atoms with E-state index in [1.54, 1.807) is 6.20 Å². The molecule has 2 aromatic heterocycles. The van der Waals surface area contributed by atoms with Gasteiger partial charge in [-0.25, -0.2) is 0 Å². The fourth-order valence-electron chi connectivity index (χ4n) is 2.56. The lowest BCUT2D eigenvalue weighted by molar-refractivity contribution is -0.120. The molecule has 3 heterocycles. The van der Waals surface area contributed by atoms with Crippen molar-refractivity contribution in [3.05, 3.63) is 30.2 Å². The Morgan fingerprint density at radius 2 is 2.35 bits per heavy atom. The van der Waals surface area contributed by atoms with Gasteiger partial charge in [-0.05, 0) is 12.5 Å². The summed E-state index contributed by atoms with van der Waals surface area (Å²) in [6, 6.07) is 2.34. The van der Waals surface area contributed by atoms with Crippen LogP contribution in [0, 0.1) is 0 Å². The van der Waals surface area contributed by atoms with E-state index in [1.807, 2.05) is 16.9 Å². The fraction of sp³-hybridized carbons (Fsp3) is 0.600. The highest BCUT2D eigenvalue weighted by Gasteiger charge is 2.29. The third-order valence-corrected chi connectivity index (χ3v) is 3.88. The maximum Gasteiger partial charge on any atom is 0.240 e. The molecule has 2 aromatic rings. The lowest BCUT2D eigenvalue weighted by Gasteiger charge is -2.38. The molecule has 3 rings (SSSR count). The summed E-state index contributed by atoms with van der Waals surface area (Å²) in [5.41, 5.74) is 0. The first-order valence-corrected chi connectivity index (χ1v) is 8.04. The number of carbonyl (C=O) groups excluding carboxylic acids is 1. The van der Waals surface area contributed by atoms with Crippen molar-refractivity contribution in [2.24, 2.45) is 0 Å². The predicted molar refractivity (Wildman–Crippen MR) is 82.5 cm³/mol. The Hall–Kier alpha value is -2.22. The predicted octanol–water partition coefficient (Wildman–Crippen LogP) is 0.782. The third kappa shape index (κ3) is 4.16. The topological polar surface area (TPSA) is 89.1 Å². The van der Waals surface area contributed by atoms with Gasteiger partial charge in [-0.3, -0.25) is 14.4 Å². The average Bonchev–Trinajstić information content (AvgIpc) is 3.14. The standard InChI is InChI=1S/C15H22N6O2/c1-2-3-5-16-14(22)8-13-18-15(23-19-13)11-20-9-12(10-20)21-7-4-6-17-21/h4,6-7,12H,2-3,5,8-11H2,1H3,(H,16,22). The van der Waals surface area contributed by atoms with E-state index in [-0.39, 0.29) is 12.3 Å². The van der Waals surface area contributed by atoms with E-state index in [1.165, 1.54) is 0 Å². The Balaban J connectivity index is 1.41. The van der Waals surface area contributed by atoms with Crippen LogP contribution in [0.15, 0.2) is 23.0 Å². The van der Waals surface area contributed by atoms with Crippen LogP contribution in [0.5, 0.6) is 0 Å². The quantitative estimate of drug-likeness (QED) is 0.724. The van der Waals surface area contributed by atoms with E-state index >= 15 is 0 Å². The summed E-state index contributed by atoms with van der Waals surface area (Å²) in [6.07, 6.45) is 5.98. The van der Waals surface area contributed by atoms with Crippen LogP contribution in [-0.4, -0.2) is 50.4 Å². The number of amides is 1. The lowest BCUT2D eigenvalue weighted by Crippen LogP contribution is -2.47. The van der Waals surface area contributed by atoms with Gasteiger partial charge in [0.15, 0.2) is 5.82 Å². The molecule has 8 heteroatoms. The number of carbonyl (C=O) groups is 1. The Kier molecular flexibility index (Phi) is 5.02. The summed E-state index contributed by atoms with van der Waals surface area (Å²) >= 11 is 0. The highest BCUT2D eigenvalue weighted by molar-refractivity contribution is 5.77. The van der Waals surface area contributed by atoms with Gasteiger partial charge in [0.1, 0.15) is 0 Å². The summed E-state index contributed by atoms with van der Waals surface area (Å²) in [5, 5.41) is 11.0. The van der Waals surface area contributed by atoms with E-state index in [0.717, 1.165) is 25.9 Å². The first-order chi connectivity index (χ1) is 11.2. The molecule has 1 saturated heterocycles. The smallest absolute Gasteiger partial charge is 0.240 e. The van der Waals surface area contributed by atoms with Crippen LogP contribution in [0.3, 0.4) is 0 Å². The van der Waals surface area contributed by atoms with Crippen LogP contribution in [0.25, 0.3) is 0 Å². The molecule has 0 aromatic carbocycles. The number of rotatable bonds is 8. The minimum absolute atomic E-state index is 0.0616. The zero-order chi connectivity index (χ0) is 16.1. The summed E-state index contributed by atoms with van der Waals surface area (Å²) in [4.78, 5) is 18.2. The molecule has 1 aliphatic rings. The van der Waals surface area contributed by atoms with Crippen molar-refractivity contribution in [3.63, 3.8) is 0 Å². The van der Waals surface area contributed by atoms with Crippen LogP contribution < -0.4 is 5.32 Å². The van der Waals surface area contributed by atoms with Gasteiger partial charge >= 0.3 is 0 Å². The summed E-state index contributed by atoms with van der Waals surface area (Å²) in [7, 11) is 0. The molecule has 0 unspecified atom stereocenters. The van der Waals surface area contributed by atoms with Crippen LogP contribution in [0.4, 0.5) is 0 Å². The Morgan fingerprint density at radius 1 is 1.48 bits per heavy atom. The number of aromatic nitrogens is 4. The van der Waals surface area contributed by atoms with Crippen molar-refractivity contribution in [1.29, 1.82) is 0 Å². The van der Waals surface area contributed by atoms with Gasteiger partial charge in [-0.1, -0.05) is 18.5 Å². The molecule has 0 saturated carbocycles. The highest BCUT2D eigenvalue weighted by atomic mass is 16.5.